The minimum Gasteiger partial charge on any atom is -0.328 e. The molecule has 2 rings (SSSR count). The first-order valence-electron chi connectivity index (χ1n) is 4.65. The van der Waals surface area contributed by atoms with Crippen molar-refractivity contribution in [1.29, 1.82) is 0 Å². The van der Waals surface area contributed by atoms with E-state index in [1.54, 1.807) is 29.2 Å². The van der Waals surface area contributed by atoms with Crippen molar-refractivity contribution in [3.63, 3.8) is 0 Å². The Balaban J connectivity index is 2.28. The lowest BCUT2D eigenvalue weighted by Crippen LogP contribution is -2.11. The van der Waals surface area contributed by atoms with Crippen molar-refractivity contribution in [3.8, 4) is 0 Å². The third-order valence-corrected chi connectivity index (χ3v) is 2.38. The first kappa shape index (κ1) is 10.8. The van der Waals surface area contributed by atoms with Gasteiger partial charge in [0.2, 0.25) is 0 Å². The van der Waals surface area contributed by atoms with E-state index in [-0.39, 0.29) is 5.82 Å². The number of halogens is 2. The normalized spacial score (nSPS) is 10.2. The molecule has 0 aliphatic heterocycles. The van der Waals surface area contributed by atoms with Gasteiger partial charge >= 0.3 is 0 Å². The van der Waals surface area contributed by atoms with E-state index < -0.39 is 0 Å². The Labute approximate surface area is 97.5 Å². The van der Waals surface area contributed by atoms with E-state index >= 15 is 0 Å². The maximum Gasteiger partial charge on any atom is 0.155 e. The minimum absolute atomic E-state index is 0.264. The summed E-state index contributed by atoms with van der Waals surface area (Å²) in [5, 5.41) is 8.01. The van der Waals surface area contributed by atoms with Gasteiger partial charge in [0.25, 0.3) is 0 Å². The Hall–Kier alpha value is -1.68. The largest absolute Gasteiger partial charge is 0.328 e. The predicted molar refractivity (Wildman–Crippen MR) is 61.5 cm³/mol. The Kier molecular flexibility index (Phi) is 3.01. The molecule has 0 radical (unpaired) electrons. The third kappa shape index (κ3) is 2.28. The van der Waals surface area contributed by atoms with Gasteiger partial charge in [0.1, 0.15) is 5.82 Å². The zero-order valence-electron chi connectivity index (χ0n) is 8.56. The molecule has 3 nitrogen and oxygen atoms in total. The summed E-state index contributed by atoms with van der Waals surface area (Å²) in [6.07, 6.45) is 0. The molecule has 0 unspecified atom stereocenters. The van der Waals surface area contributed by atoms with E-state index in [0.717, 1.165) is 5.69 Å². The van der Waals surface area contributed by atoms with Gasteiger partial charge in [-0.1, -0.05) is 11.6 Å². The standard InChI is InChI=1S/C11H9ClFN3/c1-16(9-4-2-8(13)3-5-9)11-7-6-10(12)14-15-11/h2-7H,1H3. The third-order valence-electron chi connectivity index (χ3n) is 2.18. The van der Waals surface area contributed by atoms with Gasteiger partial charge in [-0.05, 0) is 36.4 Å². The highest BCUT2D eigenvalue weighted by atomic mass is 35.5. The predicted octanol–water partition coefficient (Wildman–Crippen LogP) is 3.04. The summed E-state index contributed by atoms with van der Waals surface area (Å²) in [4.78, 5) is 1.79. The van der Waals surface area contributed by atoms with Gasteiger partial charge in [0, 0.05) is 12.7 Å². The molecule has 0 N–H and O–H groups in total. The van der Waals surface area contributed by atoms with Crippen molar-refractivity contribution in [2.75, 3.05) is 11.9 Å². The fourth-order valence-electron chi connectivity index (χ4n) is 1.28. The quantitative estimate of drug-likeness (QED) is 0.804. The first-order valence-corrected chi connectivity index (χ1v) is 5.03. The first-order chi connectivity index (χ1) is 7.66. The summed E-state index contributed by atoms with van der Waals surface area (Å²) in [7, 11) is 1.82. The fourth-order valence-corrected chi connectivity index (χ4v) is 1.39. The van der Waals surface area contributed by atoms with E-state index in [2.05, 4.69) is 10.2 Å². The molecule has 2 aromatic rings. The molecule has 1 aromatic heterocycles. The van der Waals surface area contributed by atoms with Gasteiger partial charge in [-0.3, -0.25) is 0 Å². The van der Waals surface area contributed by atoms with E-state index in [0.29, 0.717) is 11.0 Å². The minimum atomic E-state index is -0.264. The molecule has 0 aliphatic carbocycles. The Bertz CT molecular complexity index is 424. The molecule has 0 fully saturated rings. The van der Waals surface area contributed by atoms with E-state index in [4.69, 9.17) is 11.6 Å². The van der Waals surface area contributed by atoms with Crippen molar-refractivity contribution in [1.82, 2.24) is 10.2 Å². The Morgan fingerprint density at radius 1 is 1.06 bits per heavy atom. The summed E-state index contributed by atoms with van der Waals surface area (Å²) in [6.45, 7) is 0. The van der Waals surface area contributed by atoms with E-state index in [1.807, 2.05) is 7.05 Å². The number of hydrogen-bond acceptors (Lipinski definition) is 3. The molecule has 0 spiro atoms. The average Bonchev–Trinajstić information content (AvgIpc) is 2.30. The van der Waals surface area contributed by atoms with Crippen LogP contribution in [0.15, 0.2) is 36.4 Å². The molecule has 1 aromatic carbocycles. The highest BCUT2D eigenvalue weighted by molar-refractivity contribution is 6.29. The second-order valence-electron chi connectivity index (χ2n) is 3.25. The summed E-state index contributed by atoms with van der Waals surface area (Å²) in [6, 6.07) is 9.55. The zero-order valence-corrected chi connectivity index (χ0v) is 9.32. The highest BCUT2D eigenvalue weighted by Crippen LogP contribution is 2.21. The number of benzene rings is 1. The molecule has 0 saturated carbocycles. The number of nitrogens with zero attached hydrogens (tertiary/aromatic N) is 3. The topological polar surface area (TPSA) is 29.0 Å². The number of rotatable bonds is 2. The molecular formula is C11H9ClFN3. The number of hydrogen-bond donors (Lipinski definition) is 0. The Morgan fingerprint density at radius 2 is 1.75 bits per heavy atom. The van der Waals surface area contributed by atoms with Gasteiger partial charge in [0.05, 0.1) is 0 Å². The van der Waals surface area contributed by atoms with Gasteiger partial charge < -0.3 is 4.90 Å². The van der Waals surface area contributed by atoms with Crippen LogP contribution in [0, 0.1) is 5.82 Å². The molecular weight excluding hydrogens is 229 g/mol. The molecule has 0 amide bonds. The number of anilines is 2. The smallest absolute Gasteiger partial charge is 0.155 e. The lowest BCUT2D eigenvalue weighted by molar-refractivity contribution is 0.628. The SMILES string of the molecule is CN(c1ccc(F)cc1)c1ccc(Cl)nn1. The van der Waals surface area contributed by atoms with Crippen LogP contribution in [0.5, 0.6) is 0 Å². The summed E-state index contributed by atoms with van der Waals surface area (Å²) >= 11 is 5.64. The van der Waals surface area contributed by atoms with Crippen molar-refractivity contribution >= 4 is 23.1 Å². The van der Waals surface area contributed by atoms with Crippen molar-refractivity contribution < 1.29 is 4.39 Å². The molecule has 0 aliphatic rings. The fraction of sp³-hybridized carbons (Fsp3) is 0.0909. The lowest BCUT2D eigenvalue weighted by atomic mass is 10.3. The monoisotopic (exact) mass is 237 g/mol. The van der Waals surface area contributed by atoms with Crippen LogP contribution in [0.1, 0.15) is 0 Å². The van der Waals surface area contributed by atoms with Crippen molar-refractivity contribution in [2.24, 2.45) is 0 Å². The van der Waals surface area contributed by atoms with E-state index in [9.17, 15) is 4.39 Å². The van der Waals surface area contributed by atoms with Crippen LogP contribution in [0.3, 0.4) is 0 Å². The number of aromatic nitrogens is 2. The molecule has 0 bridgehead atoms. The molecule has 1 heterocycles. The average molecular weight is 238 g/mol. The maximum absolute atomic E-state index is 12.7. The van der Waals surface area contributed by atoms with Crippen LogP contribution in [-0.4, -0.2) is 17.2 Å². The summed E-state index contributed by atoms with van der Waals surface area (Å²) < 4.78 is 12.7. The van der Waals surface area contributed by atoms with Gasteiger partial charge in [-0.25, -0.2) is 4.39 Å². The van der Waals surface area contributed by atoms with Crippen LogP contribution >= 0.6 is 11.6 Å². The van der Waals surface area contributed by atoms with Gasteiger partial charge in [0.15, 0.2) is 11.0 Å². The van der Waals surface area contributed by atoms with Crippen LogP contribution in [0.25, 0.3) is 0 Å². The molecule has 82 valence electrons. The molecule has 16 heavy (non-hydrogen) atoms. The van der Waals surface area contributed by atoms with Crippen molar-refractivity contribution in [2.45, 2.75) is 0 Å². The van der Waals surface area contributed by atoms with Crippen LogP contribution in [-0.2, 0) is 0 Å². The molecule has 0 saturated heterocycles. The van der Waals surface area contributed by atoms with Crippen molar-refractivity contribution in [3.05, 3.63) is 47.4 Å². The molecule has 0 atom stereocenters. The van der Waals surface area contributed by atoms with E-state index in [1.165, 1.54) is 12.1 Å². The molecule has 5 heteroatoms. The zero-order chi connectivity index (χ0) is 11.5. The summed E-state index contributed by atoms with van der Waals surface area (Å²) in [5.74, 6) is 0.385. The van der Waals surface area contributed by atoms with Crippen LogP contribution in [0.2, 0.25) is 5.15 Å². The highest BCUT2D eigenvalue weighted by Gasteiger charge is 2.05. The second kappa shape index (κ2) is 4.45. The second-order valence-corrected chi connectivity index (χ2v) is 3.64. The van der Waals surface area contributed by atoms with Gasteiger partial charge in [-0.15, -0.1) is 10.2 Å². The Morgan fingerprint density at radius 3 is 2.31 bits per heavy atom. The lowest BCUT2D eigenvalue weighted by Gasteiger charge is -2.17. The maximum atomic E-state index is 12.7. The van der Waals surface area contributed by atoms with Crippen LogP contribution in [0.4, 0.5) is 15.9 Å². The summed E-state index contributed by atoms with van der Waals surface area (Å²) in [5.41, 5.74) is 0.832. The van der Waals surface area contributed by atoms with Gasteiger partial charge in [-0.2, -0.15) is 0 Å². The van der Waals surface area contributed by atoms with Crippen LogP contribution < -0.4 is 4.90 Å².